The summed E-state index contributed by atoms with van der Waals surface area (Å²) in [5.41, 5.74) is 6.64. The van der Waals surface area contributed by atoms with Gasteiger partial charge in [0.05, 0.1) is 0 Å². The first-order chi connectivity index (χ1) is 10.3. The number of piperidine rings is 1. The SMILES string of the molecule is COC1CCCCN1Cc1ccccc1OCC=CCN. The Balaban J connectivity index is 1.99. The molecule has 116 valence electrons. The first-order valence-corrected chi connectivity index (χ1v) is 7.67. The number of rotatable bonds is 7. The molecule has 1 aliphatic heterocycles. The minimum atomic E-state index is 0.226. The summed E-state index contributed by atoms with van der Waals surface area (Å²) < 4.78 is 11.4. The van der Waals surface area contributed by atoms with E-state index in [0.29, 0.717) is 13.2 Å². The number of methoxy groups -OCH3 is 1. The van der Waals surface area contributed by atoms with E-state index in [2.05, 4.69) is 17.0 Å². The molecule has 4 nitrogen and oxygen atoms in total. The van der Waals surface area contributed by atoms with Gasteiger partial charge in [-0.15, -0.1) is 0 Å². The van der Waals surface area contributed by atoms with Crippen molar-refractivity contribution in [3.05, 3.63) is 42.0 Å². The van der Waals surface area contributed by atoms with E-state index in [4.69, 9.17) is 15.2 Å². The van der Waals surface area contributed by atoms with Gasteiger partial charge in [-0.2, -0.15) is 0 Å². The zero-order valence-corrected chi connectivity index (χ0v) is 12.8. The first kappa shape index (κ1) is 16.0. The van der Waals surface area contributed by atoms with Crippen molar-refractivity contribution < 1.29 is 9.47 Å². The Hall–Kier alpha value is -1.36. The molecule has 1 aliphatic rings. The number of nitrogens with two attached hydrogens (primary N) is 1. The van der Waals surface area contributed by atoms with E-state index in [0.717, 1.165) is 25.3 Å². The summed E-state index contributed by atoms with van der Waals surface area (Å²) in [7, 11) is 1.79. The Bertz CT molecular complexity index is 448. The molecule has 4 heteroatoms. The van der Waals surface area contributed by atoms with Gasteiger partial charge in [0.1, 0.15) is 18.6 Å². The van der Waals surface area contributed by atoms with Crippen LogP contribution < -0.4 is 10.5 Å². The van der Waals surface area contributed by atoms with Gasteiger partial charge in [0.15, 0.2) is 0 Å². The van der Waals surface area contributed by atoms with Gasteiger partial charge in [-0.05, 0) is 25.3 Å². The number of likely N-dealkylation sites (tertiary alicyclic amines) is 1. The van der Waals surface area contributed by atoms with E-state index in [-0.39, 0.29) is 6.23 Å². The molecule has 1 aromatic carbocycles. The van der Waals surface area contributed by atoms with Crippen molar-refractivity contribution in [3.63, 3.8) is 0 Å². The maximum atomic E-state index is 5.84. The highest BCUT2D eigenvalue weighted by molar-refractivity contribution is 5.33. The number of ether oxygens (including phenoxy) is 2. The summed E-state index contributed by atoms with van der Waals surface area (Å²) in [6.07, 6.45) is 7.69. The zero-order valence-electron chi connectivity index (χ0n) is 12.8. The van der Waals surface area contributed by atoms with Crippen LogP contribution in [0.15, 0.2) is 36.4 Å². The van der Waals surface area contributed by atoms with Crippen LogP contribution in [0.1, 0.15) is 24.8 Å². The van der Waals surface area contributed by atoms with Crippen molar-refractivity contribution in [1.29, 1.82) is 0 Å². The van der Waals surface area contributed by atoms with E-state index >= 15 is 0 Å². The summed E-state index contributed by atoms with van der Waals surface area (Å²) in [6.45, 7) is 3.06. The maximum Gasteiger partial charge on any atom is 0.124 e. The minimum Gasteiger partial charge on any atom is -0.489 e. The van der Waals surface area contributed by atoms with E-state index in [9.17, 15) is 0 Å². The zero-order chi connectivity index (χ0) is 14.9. The molecule has 0 radical (unpaired) electrons. The summed E-state index contributed by atoms with van der Waals surface area (Å²) in [5, 5.41) is 0. The number of hydrogen-bond donors (Lipinski definition) is 1. The molecule has 1 saturated heterocycles. The predicted molar refractivity (Wildman–Crippen MR) is 85.2 cm³/mol. The van der Waals surface area contributed by atoms with Gasteiger partial charge in [-0.3, -0.25) is 4.90 Å². The van der Waals surface area contributed by atoms with Crippen LogP contribution in [0.2, 0.25) is 0 Å². The monoisotopic (exact) mass is 290 g/mol. The molecule has 21 heavy (non-hydrogen) atoms. The predicted octanol–water partition coefficient (Wildman–Crippen LogP) is 2.54. The van der Waals surface area contributed by atoms with Crippen LogP contribution in [-0.4, -0.2) is 37.9 Å². The van der Waals surface area contributed by atoms with E-state index < -0.39 is 0 Å². The molecule has 1 heterocycles. The van der Waals surface area contributed by atoms with Crippen molar-refractivity contribution in [2.45, 2.75) is 32.0 Å². The summed E-state index contributed by atoms with van der Waals surface area (Å²) >= 11 is 0. The Labute approximate surface area is 127 Å². The third kappa shape index (κ3) is 4.84. The molecule has 2 N–H and O–H groups in total. The largest absolute Gasteiger partial charge is 0.489 e. The third-order valence-electron chi connectivity index (χ3n) is 3.81. The Kier molecular flexibility index (Phi) is 6.73. The van der Waals surface area contributed by atoms with E-state index in [1.54, 1.807) is 7.11 Å². The molecule has 1 atom stereocenters. The quantitative estimate of drug-likeness (QED) is 0.784. The van der Waals surface area contributed by atoms with Crippen LogP contribution in [0.5, 0.6) is 5.75 Å². The molecule has 0 aromatic heterocycles. The van der Waals surface area contributed by atoms with Gasteiger partial charge >= 0.3 is 0 Å². The number of para-hydroxylation sites is 1. The third-order valence-corrected chi connectivity index (χ3v) is 3.81. The molecule has 2 rings (SSSR count). The Morgan fingerprint density at radius 3 is 2.95 bits per heavy atom. The first-order valence-electron chi connectivity index (χ1n) is 7.67. The van der Waals surface area contributed by atoms with Gasteiger partial charge in [0, 0.05) is 32.3 Å². The lowest BCUT2D eigenvalue weighted by Crippen LogP contribution is -2.40. The van der Waals surface area contributed by atoms with Gasteiger partial charge in [-0.25, -0.2) is 0 Å². The lowest BCUT2D eigenvalue weighted by Gasteiger charge is -2.34. The highest BCUT2D eigenvalue weighted by Crippen LogP contribution is 2.24. The molecule has 0 bridgehead atoms. The Morgan fingerprint density at radius 1 is 1.29 bits per heavy atom. The minimum absolute atomic E-state index is 0.226. The summed E-state index contributed by atoms with van der Waals surface area (Å²) in [4.78, 5) is 2.39. The smallest absolute Gasteiger partial charge is 0.124 e. The molecule has 0 saturated carbocycles. The molecule has 1 fully saturated rings. The van der Waals surface area contributed by atoms with Crippen molar-refractivity contribution in [3.8, 4) is 5.75 Å². The fourth-order valence-electron chi connectivity index (χ4n) is 2.70. The summed E-state index contributed by atoms with van der Waals surface area (Å²) in [6, 6.07) is 8.22. The molecule has 0 amide bonds. The van der Waals surface area contributed by atoms with Crippen molar-refractivity contribution in [1.82, 2.24) is 4.90 Å². The second-order valence-corrected chi connectivity index (χ2v) is 5.28. The van der Waals surface area contributed by atoms with Crippen LogP contribution in [0.4, 0.5) is 0 Å². The van der Waals surface area contributed by atoms with Crippen LogP contribution in [-0.2, 0) is 11.3 Å². The van der Waals surface area contributed by atoms with E-state index in [1.807, 2.05) is 24.3 Å². The molecular formula is C17H26N2O2. The van der Waals surface area contributed by atoms with Gasteiger partial charge in [-0.1, -0.05) is 30.4 Å². The van der Waals surface area contributed by atoms with E-state index in [1.165, 1.54) is 18.4 Å². The molecule has 1 unspecified atom stereocenters. The normalized spacial score (nSPS) is 20.0. The van der Waals surface area contributed by atoms with Gasteiger partial charge in [0.25, 0.3) is 0 Å². The molecule has 0 spiro atoms. The van der Waals surface area contributed by atoms with Crippen molar-refractivity contribution >= 4 is 0 Å². The standard InChI is InChI=1S/C17H26N2O2/c1-20-17-10-4-6-12-19(17)14-15-8-2-3-9-16(15)21-13-7-5-11-18/h2-3,5,7-9,17H,4,6,10-14,18H2,1H3. The highest BCUT2D eigenvalue weighted by Gasteiger charge is 2.22. The topological polar surface area (TPSA) is 47.7 Å². The number of hydrogen-bond acceptors (Lipinski definition) is 4. The fraction of sp³-hybridized carbons (Fsp3) is 0.529. The van der Waals surface area contributed by atoms with Gasteiger partial charge in [0.2, 0.25) is 0 Å². The molecule has 1 aromatic rings. The molecular weight excluding hydrogens is 264 g/mol. The van der Waals surface area contributed by atoms with Crippen LogP contribution in [0.25, 0.3) is 0 Å². The second kappa shape index (κ2) is 8.82. The highest BCUT2D eigenvalue weighted by atomic mass is 16.5. The fourth-order valence-corrected chi connectivity index (χ4v) is 2.70. The lowest BCUT2D eigenvalue weighted by atomic mass is 10.1. The molecule has 0 aliphatic carbocycles. The summed E-state index contributed by atoms with van der Waals surface area (Å²) in [5.74, 6) is 0.944. The number of benzene rings is 1. The number of nitrogens with zero attached hydrogens (tertiary/aromatic N) is 1. The van der Waals surface area contributed by atoms with Crippen LogP contribution in [0.3, 0.4) is 0 Å². The average Bonchev–Trinajstić information content (AvgIpc) is 2.53. The van der Waals surface area contributed by atoms with Gasteiger partial charge < -0.3 is 15.2 Å². The second-order valence-electron chi connectivity index (χ2n) is 5.28. The van der Waals surface area contributed by atoms with Crippen LogP contribution >= 0.6 is 0 Å². The van der Waals surface area contributed by atoms with Crippen molar-refractivity contribution in [2.75, 3.05) is 26.8 Å². The Morgan fingerprint density at radius 2 is 2.14 bits per heavy atom. The van der Waals surface area contributed by atoms with Crippen molar-refractivity contribution in [2.24, 2.45) is 5.73 Å². The maximum absolute atomic E-state index is 5.84. The lowest BCUT2D eigenvalue weighted by molar-refractivity contribution is -0.0602. The average molecular weight is 290 g/mol. The van der Waals surface area contributed by atoms with Crippen LogP contribution in [0, 0.1) is 0 Å².